The van der Waals surface area contributed by atoms with E-state index in [9.17, 15) is 0 Å². The number of nitrogens with one attached hydrogen (secondary N) is 1. The molecule has 1 N–H and O–H groups in total. The molecule has 0 saturated heterocycles. The second kappa shape index (κ2) is 5.73. The summed E-state index contributed by atoms with van der Waals surface area (Å²) in [6.45, 7) is 5.33. The number of hydrogen-bond donors (Lipinski definition) is 1. The summed E-state index contributed by atoms with van der Waals surface area (Å²) >= 11 is 0. The molecule has 2 aromatic rings. The van der Waals surface area contributed by atoms with Crippen LogP contribution in [-0.4, -0.2) is 22.6 Å². The first-order chi connectivity index (χ1) is 8.33. The summed E-state index contributed by atoms with van der Waals surface area (Å²) in [5, 5.41) is 3.46. The lowest BCUT2D eigenvalue weighted by Gasteiger charge is -2.14. The van der Waals surface area contributed by atoms with Crippen molar-refractivity contribution in [2.24, 2.45) is 0 Å². The number of rotatable bonds is 5. The number of nitrogens with zero attached hydrogens (tertiary/aromatic N) is 2. The molecule has 1 unspecified atom stereocenters. The normalized spacial score (nSPS) is 12.8. The maximum Gasteiger partial charge on any atom is 0.0890 e. The van der Waals surface area contributed by atoms with Gasteiger partial charge in [0, 0.05) is 18.7 Å². The Morgan fingerprint density at radius 2 is 1.94 bits per heavy atom. The molecule has 3 nitrogen and oxygen atoms in total. The molecule has 0 aliphatic rings. The van der Waals surface area contributed by atoms with Crippen molar-refractivity contribution in [2.45, 2.75) is 32.7 Å². The fraction of sp³-hybridized carbons (Fsp3) is 0.429. The van der Waals surface area contributed by atoms with Crippen molar-refractivity contribution in [1.29, 1.82) is 0 Å². The molecule has 3 heteroatoms. The van der Waals surface area contributed by atoms with Crippen LogP contribution in [0.2, 0.25) is 0 Å². The van der Waals surface area contributed by atoms with Gasteiger partial charge >= 0.3 is 0 Å². The van der Waals surface area contributed by atoms with E-state index in [0.29, 0.717) is 6.04 Å². The van der Waals surface area contributed by atoms with E-state index in [4.69, 9.17) is 0 Å². The van der Waals surface area contributed by atoms with Crippen molar-refractivity contribution < 1.29 is 0 Å². The van der Waals surface area contributed by atoms with E-state index in [0.717, 1.165) is 36.1 Å². The summed E-state index contributed by atoms with van der Waals surface area (Å²) < 4.78 is 0. The van der Waals surface area contributed by atoms with Gasteiger partial charge < -0.3 is 5.32 Å². The molecule has 1 heterocycles. The highest BCUT2D eigenvalue weighted by atomic mass is 14.9. The molecule has 1 aromatic carbocycles. The predicted octanol–water partition coefficient (Wildman–Crippen LogP) is 2.56. The molecule has 0 bridgehead atoms. The molecule has 17 heavy (non-hydrogen) atoms. The molecule has 0 aliphatic carbocycles. The van der Waals surface area contributed by atoms with Gasteiger partial charge in [-0.3, -0.25) is 4.98 Å². The van der Waals surface area contributed by atoms with Gasteiger partial charge in [0.1, 0.15) is 0 Å². The Bertz CT molecular complexity index is 482. The van der Waals surface area contributed by atoms with Crippen LogP contribution in [0.5, 0.6) is 0 Å². The Morgan fingerprint density at radius 1 is 1.18 bits per heavy atom. The van der Waals surface area contributed by atoms with Crippen LogP contribution in [0, 0.1) is 0 Å². The van der Waals surface area contributed by atoms with Gasteiger partial charge in [-0.2, -0.15) is 0 Å². The van der Waals surface area contributed by atoms with Crippen LogP contribution in [0.3, 0.4) is 0 Å². The highest BCUT2D eigenvalue weighted by molar-refractivity contribution is 5.73. The Hall–Kier alpha value is -1.48. The monoisotopic (exact) mass is 229 g/mol. The van der Waals surface area contributed by atoms with Crippen molar-refractivity contribution in [2.75, 3.05) is 6.54 Å². The molecule has 0 spiro atoms. The number of para-hydroxylation sites is 2. The highest BCUT2D eigenvalue weighted by Gasteiger charge is 2.07. The lowest BCUT2D eigenvalue weighted by molar-refractivity contribution is 0.505. The second-order valence-corrected chi connectivity index (χ2v) is 4.22. The van der Waals surface area contributed by atoms with Gasteiger partial charge in [-0.15, -0.1) is 0 Å². The third-order valence-corrected chi connectivity index (χ3v) is 2.94. The minimum Gasteiger partial charge on any atom is -0.314 e. The van der Waals surface area contributed by atoms with Gasteiger partial charge in [0.05, 0.1) is 16.7 Å². The van der Waals surface area contributed by atoms with E-state index >= 15 is 0 Å². The standard InChI is InChI=1S/C14H19N3/c1-3-11(15-4-2)9-12-10-16-13-7-5-6-8-14(13)17-12/h5-8,10-11,15H,3-4,9H2,1-2H3. The van der Waals surface area contributed by atoms with Gasteiger partial charge in [0.25, 0.3) is 0 Å². The Balaban J connectivity index is 2.18. The van der Waals surface area contributed by atoms with Crippen LogP contribution in [-0.2, 0) is 6.42 Å². The molecule has 0 radical (unpaired) electrons. The summed E-state index contributed by atoms with van der Waals surface area (Å²) in [7, 11) is 0. The first-order valence-corrected chi connectivity index (χ1v) is 6.27. The fourth-order valence-electron chi connectivity index (χ4n) is 2.00. The maximum atomic E-state index is 4.64. The van der Waals surface area contributed by atoms with Gasteiger partial charge in [-0.1, -0.05) is 26.0 Å². The van der Waals surface area contributed by atoms with Crippen LogP contribution in [0.15, 0.2) is 30.5 Å². The van der Waals surface area contributed by atoms with E-state index in [1.165, 1.54) is 0 Å². The van der Waals surface area contributed by atoms with Gasteiger partial charge in [0.15, 0.2) is 0 Å². The van der Waals surface area contributed by atoms with Crippen molar-refractivity contribution in [3.63, 3.8) is 0 Å². The zero-order valence-electron chi connectivity index (χ0n) is 10.5. The van der Waals surface area contributed by atoms with Crippen molar-refractivity contribution in [3.05, 3.63) is 36.2 Å². The lowest BCUT2D eigenvalue weighted by atomic mass is 10.1. The molecule has 2 rings (SSSR count). The van der Waals surface area contributed by atoms with Crippen LogP contribution in [0.25, 0.3) is 11.0 Å². The van der Waals surface area contributed by atoms with Gasteiger partial charge in [-0.05, 0) is 25.1 Å². The summed E-state index contributed by atoms with van der Waals surface area (Å²) in [4.78, 5) is 9.08. The summed E-state index contributed by atoms with van der Waals surface area (Å²) in [6, 6.07) is 8.50. The summed E-state index contributed by atoms with van der Waals surface area (Å²) in [6.07, 6.45) is 3.95. The smallest absolute Gasteiger partial charge is 0.0890 e. The molecule has 0 fully saturated rings. The number of fused-ring (bicyclic) bond motifs is 1. The van der Waals surface area contributed by atoms with E-state index in [1.54, 1.807) is 0 Å². The number of aromatic nitrogens is 2. The fourth-order valence-corrected chi connectivity index (χ4v) is 2.00. The van der Waals surface area contributed by atoms with Crippen molar-refractivity contribution in [3.8, 4) is 0 Å². The SMILES string of the molecule is CCNC(CC)Cc1cnc2ccccc2n1. The second-order valence-electron chi connectivity index (χ2n) is 4.22. The Kier molecular flexibility index (Phi) is 4.04. The zero-order valence-corrected chi connectivity index (χ0v) is 10.5. The topological polar surface area (TPSA) is 37.8 Å². The van der Waals surface area contributed by atoms with Crippen LogP contribution in [0.1, 0.15) is 26.0 Å². The Labute approximate surface area is 102 Å². The highest BCUT2D eigenvalue weighted by Crippen LogP contribution is 2.10. The maximum absolute atomic E-state index is 4.64. The van der Waals surface area contributed by atoms with Crippen molar-refractivity contribution >= 4 is 11.0 Å². The van der Waals surface area contributed by atoms with E-state index in [2.05, 4.69) is 29.1 Å². The molecule has 0 amide bonds. The van der Waals surface area contributed by atoms with Gasteiger partial charge in [0.2, 0.25) is 0 Å². The lowest BCUT2D eigenvalue weighted by Crippen LogP contribution is -2.30. The molecule has 1 aromatic heterocycles. The molecule has 90 valence electrons. The average molecular weight is 229 g/mol. The third-order valence-electron chi connectivity index (χ3n) is 2.94. The summed E-state index contributed by atoms with van der Waals surface area (Å²) in [5.41, 5.74) is 3.01. The third kappa shape index (κ3) is 3.01. The van der Waals surface area contributed by atoms with Crippen LogP contribution in [0.4, 0.5) is 0 Å². The van der Waals surface area contributed by atoms with Crippen molar-refractivity contribution in [1.82, 2.24) is 15.3 Å². The minimum absolute atomic E-state index is 0.496. The van der Waals surface area contributed by atoms with E-state index < -0.39 is 0 Å². The van der Waals surface area contributed by atoms with E-state index in [1.807, 2.05) is 30.5 Å². The molecule has 0 aliphatic heterocycles. The first kappa shape index (κ1) is 12.0. The molecule has 0 saturated carbocycles. The number of benzene rings is 1. The van der Waals surface area contributed by atoms with Crippen LogP contribution >= 0.6 is 0 Å². The quantitative estimate of drug-likeness (QED) is 0.856. The minimum atomic E-state index is 0.496. The first-order valence-electron chi connectivity index (χ1n) is 6.27. The van der Waals surface area contributed by atoms with Crippen LogP contribution < -0.4 is 5.32 Å². The molecular weight excluding hydrogens is 210 g/mol. The zero-order chi connectivity index (χ0) is 12.1. The van der Waals surface area contributed by atoms with E-state index in [-0.39, 0.29) is 0 Å². The number of hydrogen-bond acceptors (Lipinski definition) is 3. The molecule has 1 atom stereocenters. The number of likely N-dealkylation sites (N-methyl/N-ethyl adjacent to an activating group) is 1. The largest absolute Gasteiger partial charge is 0.314 e. The predicted molar refractivity (Wildman–Crippen MR) is 71.0 cm³/mol. The van der Waals surface area contributed by atoms with Gasteiger partial charge in [-0.25, -0.2) is 4.98 Å². The average Bonchev–Trinajstić information content (AvgIpc) is 2.38. The molecular formula is C14H19N3. The summed E-state index contributed by atoms with van der Waals surface area (Å²) in [5.74, 6) is 0. The Morgan fingerprint density at radius 3 is 2.65 bits per heavy atom.